The van der Waals surface area contributed by atoms with E-state index >= 15 is 0 Å². The van der Waals surface area contributed by atoms with Crippen LogP contribution >= 0.6 is 39.3 Å². The van der Waals surface area contributed by atoms with Crippen molar-refractivity contribution in [1.29, 1.82) is 0 Å². The molecule has 0 spiro atoms. The Labute approximate surface area is 130 Å². The normalized spacial score (nSPS) is 14.7. The van der Waals surface area contributed by atoms with Crippen LogP contribution in [0.25, 0.3) is 11.4 Å². The van der Waals surface area contributed by atoms with Crippen molar-refractivity contribution in [1.82, 2.24) is 9.97 Å². The second kappa shape index (κ2) is 5.43. The van der Waals surface area contributed by atoms with E-state index in [0.717, 1.165) is 15.7 Å². The molecule has 1 aliphatic carbocycles. The SMILES string of the molecule is CSc1ccc(-c2nc(Cl)c(Br)c(C3CC3)n2)cc1. The molecule has 0 amide bonds. The molecule has 1 aromatic heterocycles. The number of nitrogens with zero attached hydrogens (tertiary/aromatic N) is 2. The van der Waals surface area contributed by atoms with Gasteiger partial charge in [0.05, 0.1) is 10.2 Å². The minimum Gasteiger partial charge on any atom is -0.231 e. The first-order chi connectivity index (χ1) is 9.19. The zero-order valence-corrected chi connectivity index (χ0v) is 13.5. The van der Waals surface area contributed by atoms with Gasteiger partial charge in [-0.3, -0.25) is 0 Å². The Morgan fingerprint density at radius 3 is 2.47 bits per heavy atom. The molecule has 2 aromatic rings. The summed E-state index contributed by atoms with van der Waals surface area (Å²) in [4.78, 5) is 10.3. The lowest BCUT2D eigenvalue weighted by Crippen LogP contribution is -1.97. The van der Waals surface area contributed by atoms with E-state index < -0.39 is 0 Å². The molecule has 1 fully saturated rings. The molecule has 1 aromatic carbocycles. The van der Waals surface area contributed by atoms with Gasteiger partial charge in [0, 0.05) is 16.4 Å². The molecule has 1 aliphatic rings. The lowest BCUT2D eigenvalue weighted by atomic mass is 10.2. The smallest absolute Gasteiger partial charge is 0.161 e. The van der Waals surface area contributed by atoms with Gasteiger partial charge in [0.15, 0.2) is 5.82 Å². The van der Waals surface area contributed by atoms with Crippen LogP contribution in [0.3, 0.4) is 0 Å². The van der Waals surface area contributed by atoms with Gasteiger partial charge in [-0.05, 0) is 47.2 Å². The Balaban J connectivity index is 2.03. The van der Waals surface area contributed by atoms with Crippen LogP contribution in [0.2, 0.25) is 5.15 Å². The van der Waals surface area contributed by atoms with Crippen LogP contribution in [0.1, 0.15) is 24.5 Å². The lowest BCUT2D eigenvalue weighted by molar-refractivity contribution is 0.979. The first-order valence-electron chi connectivity index (χ1n) is 6.06. The number of hydrogen-bond donors (Lipinski definition) is 0. The molecule has 0 saturated heterocycles. The number of halogens is 2. The largest absolute Gasteiger partial charge is 0.231 e. The number of rotatable bonds is 3. The molecule has 2 nitrogen and oxygen atoms in total. The van der Waals surface area contributed by atoms with Gasteiger partial charge >= 0.3 is 0 Å². The fraction of sp³-hybridized carbons (Fsp3) is 0.286. The third kappa shape index (κ3) is 2.81. The molecule has 0 radical (unpaired) electrons. The maximum absolute atomic E-state index is 6.20. The maximum atomic E-state index is 6.20. The van der Waals surface area contributed by atoms with Crippen LogP contribution in [0.5, 0.6) is 0 Å². The Bertz CT molecular complexity index is 612. The van der Waals surface area contributed by atoms with E-state index in [1.54, 1.807) is 11.8 Å². The van der Waals surface area contributed by atoms with Crippen LogP contribution < -0.4 is 0 Å². The first-order valence-corrected chi connectivity index (χ1v) is 8.46. The minimum absolute atomic E-state index is 0.501. The summed E-state index contributed by atoms with van der Waals surface area (Å²) in [6.07, 6.45) is 4.45. The minimum atomic E-state index is 0.501. The molecular formula is C14H12BrClN2S. The van der Waals surface area contributed by atoms with Crippen molar-refractivity contribution in [2.45, 2.75) is 23.7 Å². The predicted octanol–water partition coefficient (Wildman–Crippen LogP) is 5.16. The van der Waals surface area contributed by atoms with Gasteiger partial charge in [0.1, 0.15) is 5.15 Å². The summed E-state index contributed by atoms with van der Waals surface area (Å²) >= 11 is 11.4. The summed E-state index contributed by atoms with van der Waals surface area (Å²) in [7, 11) is 0. The van der Waals surface area contributed by atoms with E-state index in [4.69, 9.17) is 11.6 Å². The van der Waals surface area contributed by atoms with Crippen molar-refractivity contribution in [3.8, 4) is 11.4 Å². The summed E-state index contributed by atoms with van der Waals surface area (Å²) in [6.45, 7) is 0. The molecular weight excluding hydrogens is 344 g/mol. The topological polar surface area (TPSA) is 25.8 Å². The molecule has 0 bridgehead atoms. The third-order valence-corrected chi connectivity index (χ3v) is 5.18. The third-order valence-electron chi connectivity index (χ3n) is 3.15. The van der Waals surface area contributed by atoms with E-state index in [0.29, 0.717) is 16.9 Å². The van der Waals surface area contributed by atoms with Gasteiger partial charge in [-0.15, -0.1) is 11.8 Å². The molecule has 3 rings (SSSR count). The average molecular weight is 356 g/mol. The van der Waals surface area contributed by atoms with Crippen molar-refractivity contribution in [2.24, 2.45) is 0 Å². The van der Waals surface area contributed by atoms with E-state index in [2.05, 4.69) is 44.3 Å². The predicted molar refractivity (Wildman–Crippen MR) is 83.9 cm³/mol. The van der Waals surface area contributed by atoms with Gasteiger partial charge in [-0.25, -0.2) is 9.97 Å². The highest BCUT2D eigenvalue weighted by molar-refractivity contribution is 9.10. The van der Waals surface area contributed by atoms with Crippen molar-refractivity contribution < 1.29 is 0 Å². The van der Waals surface area contributed by atoms with Crippen molar-refractivity contribution >= 4 is 39.3 Å². The van der Waals surface area contributed by atoms with Crippen LogP contribution in [-0.2, 0) is 0 Å². The van der Waals surface area contributed by atoms with Gasteiger partial charge < -0.3 is 0 Å². The monoisotopic (exact) mass is 354 g/mol. The Morgan fingerprint density at radius 2 is 1.89 bits per heavy atom. The second-order valence-electron chi connectivity index (χ2n) is 4.54. The average Bonchev–Trinajstić information content (AvgIpc) is 3.26. The van der Waals surface area contributed by atoms with Crippen molar-refractivity contribution in [2.75, 3.05) is 6.26 Å². The van der Waals surface area contributed by atoms with Crippen LogP contribution in [0, 0.1) is 0 Å². The first kappa shape index (κ1) is 13.4. The summed E-state index contributed by atoms with van der Waals surface area (Å²) in [6, 6.07) is 8.25. The highest BCUT2D eigenvalue weighted by Gasteiger charge is 2.29. The van der Waals surface area contributed by atoms with Crippen molar-refractivity contribution in [3.05, 3.63) is 39.6 Å². The standard InChI is InChI=1S/C14H12BrClN2S/c1-19-10-6-4-9(5-7-10)14-17-12(8-2-3-8)11(15)13(16)18-14/h4-8H,2-3H2,1H3. The van der Waals surface area contributed by atoms with Gasteiger partial charge in [-0.2, -0.15) is 0 Å². The summed E-state index contributed by atoms with van der Waals surface area (Å²) in [5, 5.41) is 0.501. The molecule has 19 heavy (non-hydrogen) atoms. The zero-order chi connectivity index (χ0) is 13.4. The van der Waals surface area contributed by atoms with E-state index in [1.807, 2.05) is 12.1 Å². The van der Waals surface area contributed by atoms with Crippen LogP contribution in [-0.4, -0.2) is 16.2 Å². The van der Waals surface area contributed by atoms with Gasteiger partial charge in [-0.1, -0.05) is 23.7 Å². The molecule has 0 aliphatic heterocycles. The molecule has 0 atom stereocenters. The molecule has 98 valence electrons. The molecule has 1 heterocycles. The second-order valence-corrected chi connectivity index (χ2v) is 6.57. The molecule has 5 heteroatoms. The highest BCUT2D eigenvalue weighted by Crippen LogP contribution is 2.44. The fourth-order valence-electron chi connectivity index (χ4n) is 1.93. The van der Waals surface area contributed by atoms with Crippen molar-refractivity contribution in [3.63, 3.8) is 0 Å². The number of aromatic nitrogens is 2. The summed E-state index contributed by atoms with van der Waals surface area (Å²) < 4.78 is 0.848. The molecule has 0 unspecified atom stereocenters. The van der Waals surface area contributed by atoms with Gasteiger partial charge in [0.25, 0.3) is 0 Å². The molecule has 1 saturated carbocycles. The number of benzene rings is 1. The van der Waals surface area contributed by atoms with E-state index in [-0.39, 0.29) is 0 Å². The Morgan fingerprint density at radius 1 is 1.21 bits per heavy atom. The van der Waals surface area contributed by atoms with E-state index in [9.17, 15) is 0 Å². The lowest BCUT2D eigenvalue weighted by Gasteiger charge is -2.08. The van der Waals surface area contributed by atoms with Crippen LogP contribution in [0.15, 0.2) is 33.6 Å². The summed E-state index contributed by atoms with van der Waals surface area (Å²) in [5.74, 6) is 1.25. The van der Waals surface area contributed by atoms with E-state index in [1.165, 1.54) is 17.7 Å². The maximum Gasteiger partial charge on any atom is 0.161 e. The number of hydrogen-bond acceptors (Lipinski definition) is 3. The molecule has 0 N–H and O–H groups in total. The Hall–Kier alpha value is -0.580. The highest BCUT2D eigenvalue weighted by atomic mass is 79.9. The van der Waals surface area contributed by atoms with Crippen LogP contribution in [0.4, 0.5) is 0 Å². The van der Waals surface area contributed by atoms with Gasteiger partial charge in [0.2, 0.25) is 0 Å². The Kier molecular flexibility index (Phi) is 3.83. The summed E-state index contributed by atoms with van der Waals surface area (Å²) in [5.41, 5.74) is 2.05. The fourth-order valence-corrected chi connectivity index (χ4v) is 3.02. The zero-order valence-electron chi connectivity index (χ0n) is 10.4. The quantitative estimate of drug-likeness (QED) is 0.562. The number of thioether (sulfide) groups is 1.